The molecule has 0 bridgehead atoms. The van der Waals surface area contributed by atoms with Crippen molar-refractivity contribution in [2.75, 3.05) is 6.61 Å². The molecule has 0 aliphatic heterocycles. The zero-order valence-electron chi connectivity index (χ0n) is 22.8. The third-order valence-electron chi connectivity index (χ3n) is 8.07. The molecule has 0 heterocycles. The minimum absolute atomic E-state index is 0.0543. The van der Waals surface area contributed by atoms with Gasteiger partial charge in [0.15, 0.2) is 0 Å². The van der Waals surface area contributed by atoms with Crippen LogP contribution in [0.4, 0.5) is 0 Å². The fraction of sp³-hybridized carbons (Fsp3) is 0.700. The molecule has 0 aromatic carbocycles. The lowest BCUT2D eigenvalue weighted by molar-refractivity contribution is -0.115. The van der Waals surface area contributed by atoms with Crippen molar-refractivity contribution in [1.29, 1.82) is 0 Å². The summed E-state index contributed by atoms with van der Waals surface area (Å²) >= 11 is 0. The van der Waals surface area contributed by atoms with Gasteiger partial charge in [-0.25, -0.2) is 0 Å². The number of allylic oxidation sites excluding steroid dienone is 6. The van der Waals surface area contributed by atoms with E-state index in [9.17, 15) is 20.1 Å². The molecule has 194 valence electrons. The zero-order chi connectivity index (χ0) is 25.9. The molecule has 3 N–H and O–H groups in total. The van der Waals surface area contributed by atoms with Crippen LogP contribution in [0.25, 0.3) is 0 Å². The van der Waals surface area contributed by atoms with E-state index in [0.717, 1.165) is 61.5 Å². The van der Waals surface area contributed by atoms with Crippen molar-refractivity contribution in [3.63, 3.8) is 0 Å². The number of aldehydes is 1. The maximum absolute atomic E-state index is 11.6. The minimum Gasteiger partial charge on any atom is -0.396 e. The highest BCUT2D eigenvalue weighted by Gasteiger charge is 2.52. The monoisotopic (exact) mass is 474 g/mol. The van der Waals surface area contributed by atoms with Crippen LogP contribution in [0.3, 0.4) is 0 Å². The van der Waals surface area contributed by atoms with Gasteiger partial charge < -0.3 is 15.3 Å². The van der Waals surface area contributed by atoms with Crippen LogP contribution in [-0.2, 0) is 4.79 Å². The number of aliphatic hydroxyl groups excluding tert-OH is 2. The second-order valence-electron chi connectivity index (χ2n) is 11.0. The first-order chi connectivity index (χ1) is 15.9. The fourth-order valence-electron chi connectivity index (χ4n) is 5.30. The summed E-state index contributed by atoms with van der Waals surface area (Å²) in [6.07, 6.45) is 13.8. The summed E-state index contributed by atoms with van der Waals surface area (Å²) in [7, 11) is 0. The van der Waals surface area contributed by atoms with Crippen molar-refractivity contribution in [3.05, 3.63) is 46.1 Å². The van der Waals surface area contributed by atoms with E-state index in [1.54, 1.807) is 0 Å². The van der Waals surface area contributed by atoms with Gasteiger partial charge in [-0.15, -0.1) is 0 Å². The van der Waals surface area contributed by atoms with E-state index < -0.39 is 17.1 Å². The van der Waals surface area contributed by atoms with E-state index in [1.807, 2.05) is 20.8 Å². The van der Waals surface area contributed by atoms with Crippen LogP contribution < -0.4 is 0 Å². The molecular weight excluding hydrogens is 424 g/mol. The average molecular weight is 475 g/mol. The van der Waals surface area contributed by atoms with Crippen molar-refractivity contribution in [1.82, 2.24) is 0 Å². The molecule has 0 amide bonds. The first-order valence-electron chi connectivity index (χ1n) is 13.0. The molecule has 34 heavy (non-hydrogen) atoms. The number of carbonyl (C=O) groups excluding carboxylic acids is 1. The molecule has 0 aromatic rings. The third kappa shape index (κ3) is 8.62. The highest BCUT2D eigenvalue weighted by atomic mass is 16.3. The van der Waals surface area contributed by atoms with Crippen molar-refractivity contribution in [3.8, 4) is 0 Å². The Labute approximate surface area is 208 Å². The Morgan fingerprint density at radius 1 is 1.09 bits per heavy atom. The summed E-state index contributed by atoms with van der Waals surface area (Å²) in [6.45, 7) is 14.3. The maximum atomic E-state index is 11.6. The third-order valence-corrected chi connectivity index (χ3v) is 8.07. The van der Waals surface area contributed by atoms with Crippen molar-refractivity contribution >= 4 is 6.29 Å². The molecule has 0 aromatic heterocycles. The molecule has 1 saturated carbocycles. The molecule has 1 rings (SSSR count). The van der Waals surface area contributed by atoms with E-state index in [1.165, 1.54) is 11.1 Å². The first kappa shape index (κ1) is 30.5. The predicted molar refractivity (Wildman–Crippen MR) is 143 cm³/mol. The molecule has 0 unspecified atom stereocenters. The molecule has 4 nitrogen and oxygen atoms in total. The average Bonchev–Trinajstić information content (AvgIpc) is 2.77. The largest absolute Gasteiger partial charge is 0.396 e. The molecular formula is C30H50O4. The summed E-state index contributed by atoms with van der Waals surface area (Å²) in [5, 5.41) is 31.5. The molecule has 0 radical (unpaired) electrons. The highest BCUT2D eigenvalue weighted by molar-refractivity contribution is 5.74. The molecule has 4 atom stereocenters. The summed E-state index contributed by atoms with van der Waals surface area (Å²) in [4.78, 5) is 11.6. The van der Waals surface area contributed by atoms with Gasteiger partial charge in [0, 0.05) is 12.0 Å². The van der Waals surface area contributed by atoms with Gasteiger partial charge in [-0.2, -0.15) is 0 Å². The Morgan fingerprint density at radius 2 is 1.76 bits per heavy atom. The van der Waals surface area contributed by atoms with Crippen LogP contribution in [0.2, 0.25) is 0 Å². The van der Waals surface area contributed by atoms with Gasteiger partial charge in [-0.3, -0.25) is 4.79 Å². The first-order valence-corrected chi connectivity index (χ1v) is 13.0. The summed E-state index contributed by atoms with van der Waals surface area (Å²) in [5.41, 5.74) is 4.21. The lowest BCUT2D eigenvalue weighted by Crippen LogP contribution is -2.52. The molecule has 1 aliphatic rings. The number of hydrogen-bond acceptors (Lipinski definition) is 4. The van der Waals surface area contributed by atoms with Gasteiger partial charge in [0.2, 0.25) is 0 Å². The molecule has 4 heteroatoms. The van der Waals surface area contributed by atoms with E-state index in [2.05, 4.69) is 45.9 Å². The van der Waals surface area contributed by atoms with E-state index in [4.69, 9.17) is 0 Å². The van der Waals surface area contributed by atoms with Gasteiger partial charge >= 0.3 is 0 Å². The van der Waals surface area contributed by atoms with Gasteiger partial charge in [-0.05, 0) is 116 Å². The molecule has 1 aliphatic carbocycles. The second kappa shape index (κ2) is 14.2. The van der Waals surface area contributed by atoms with E-state index in [-0.39, 0.29) is 12.5 Å². The van der Waals surface area contributed by atoms with E-state index >= 15 is 0 Å². The Kier molecular flexibility index (Phi) is 12.7. The van der Waals surface area contributed by atoms with Gasteiger partial charge in [0.25, 0.3) is 0 Å². The zero-order valence-corrected chi connectivity index (χ0v) is 22.8. The molecule has 0 spiro atoms. The van der Waals surface area contributed by atoms with Crippen molar-refractivity contribution < 1.29 is 20.1 Å². The van der Waals surface area contributed by atoms with Crippen LogP contribution in [0.5, 0.6) is 0 Å². The predicted octanol–water partition coefficient (Wildman–Crippen LogP) is 6.61. The fourth-order valence-corrected chi connectivity index (χ4v) is 5.30. The van der Waals surface area contributed by atoms with Gasteiger partial charge in [0.1, 0.15) is 6.29 Å². The van der Waals surface area contributed by atoms with Gasteiger partial charge in [0.05, 0.1) is 11.7 Å². The topological polar surface area (TPSA) is 77.8 Å². The summed E-state index contributed by atoms with van der Waals surface area (Å²) in [6, 6.07) is 0. The standard InChI is InChI=1S/C30H50O4/c1-22(2)11-8-12-23(3)15-16-28(33)24(4)13-9-18-29(6)27(14-10-20-31)26(25(5)21-32)17-19-30(29,7)34/h11,13,15,21,27-28,31,33-34H,8-10,12,14,16-20H2,1-7H3/b23-15+,24-13+,26-25-/t27-,28+,29+,30+/m0/s1. The maximum Gasteiger partial charge on any atom is 0.145 e. The van der Waals surface area contributed by atoms with Crippen LogP contribution in [0.1, 0.15) is 106 Å². The van der Waals surface area contributed by atoms with E-state index in [0.29, 0.717) is 19.3 Å². The van der Waals surface area contributed by atoms with Gasteiger partial charge in [-0.1, -0.05) is 41.9 Å². The molecule has 1 fully saturated rings. The second-order valence-corrected chi connectivity index (χ2v) is 11.0. The van der Waals surface area contributed by atoms with Crippen LogP contribution in [0, 0.1) is 11.3 Å². The summed E-state index contributed by atoms with van der Waals surface area (Å²) in [5.74, 6) is 0.0543. The lowest BCUT2D eigenvalue weighted by Gasteiger charge is -2.53. The lowest BCUT2D eigenvalue weighted by atomic mass is 9.54. The van der Waals surface area contributed by atoms with Crippen molar-refractivity contribution in [2.45, 2.75) is 118 Å². The molecule has 0 saturated heterocycles. The Morgan fingerprint density at radius 3 is 2.35 bits per heavy atom. The number of carbonyl (C=O) groups is 1. The number of rotatable bonds is 13. The van der Waals surface area contributed by atoms with Crippen LogP contribution in [-0.4, -0.2) is 39.9 Å². The Bertz CT molecular complexity index is 780. The van der Waals surface area contributed by atoms with Crippen LogP contribution >= 0.6 is 0 Å². The Balaban J connectivity index is 2.92. The number of aliphatic hydroxyl groups is 3. The SMILES string of the molecule is CC(C)=CCC/C(C)=C/C[C@@H](O)/C(C)=C/CC[C@]1(C)[C@@H](CCCO)/C(=C(/C)C=O)CC[C@@]1(C)O. The smallest absolute Gasteiger partial charge is 0.145 e. The summed E-state index contributed by atoms with van der Waals surface area (Å²) < 4.78 is 0. The Hall–Kier alpha value is -1.49. The minimum atomic E-state index is -0.856. The van der Waals surface area contributed by atoms with Crippen LogP contribution in [0.15, 0.2) is 46.1 Å². The van der Waals surface area contributed by atoms with Crippen molar-refractivity contribution in [2.24, 2.45) is 11.3 Å². The highest BCUT2D eigenvalue weighted by Crippen LogP contribution is 2.55. The quantitative estimate of drug-likeness (QED) is 0.159. The normalized spacial score (nSPS) is 28.5. The number of hydrogen-bond donors (Lipinski definition) is 3.